The molecule has 0 aromatic heterocycles. The number of terminal acetylenes is 1. The number of carboxylic acids is 1. The van der Waals surface area contributed by atoms with Crippen LogP contribution in [0.2, 0.25) is 0 Å². The summed E-state index contributed by atoms with van der Waals surface area (Å²) in [6, 6.07) is 5.04. The fourth-order valence-electron chi connectivity index (χ4n) is 1.01. The van der Waals surface area contributed by atoms with E-state index in [1.807, 2.05) is 0 Å². The van der Waals surface area contributed by atoms with E-state index >= 15 is 0 Å². The van der Waals surface area contributed by atoms with Gasteiger partial charge in [-0.1, -0.05) is 22.0 Å². The third-order valence-electron chi connectivity index (χ3n) is 1.59. The van der Waals surface area contributed by atoms with Crippen molar-refractivity contribution in [1.82, 2.24) is 0 Å². The number of hydrogen-bond acceptors (Lipinski definition) is 1. The lowest BCUT2D eigenvalue weighted by molar-refractivity contribution is 0.0696. The first-order valence-corrected chi connectivity index (χ1v) is 4.39. The maximum atomic E-state index is 10.8. The van der Waals surface area contributed by atoms with E-state index in [1.165, 1.54) is 0 Å². The fraction of sp³-hybridized carbons (Fsp3) is 0.100. The molecule has 0 fully saturated rings. The first kappa shape index (κ1) is 9.82. The molecule has 2 nitrogen and oxygen atoms in total. The molecule has 0 saturated heterocycles. The molecule has 0 aliphatic heterocycles. The Labute approximate surface area is 84.7 Å². The summed E-state index contributed by atoms with van der Waals surface area (Å²) in [6.07, 6.45) is 5.46. The first-order chi connectivity index (χ1) is 6.15. The van der Waals surface area contributed by atoms with E-state index in [1.54, 1.807) is 18.2 Å². The Kier molecular flexibility index (Phi) is 3.10. The van der Waals surface area contributed by atoms with Crippen molar-refractivity contribution in [2.45, 2.75) is 6.42 Å². The van der Waals surface area contributed by atoms with Gasteiger partial charge in [0.05, 0.1) is 5.56 Å². The zero-order valence-electron chi connectivity index (χ0n) is 6.75. The second-order valence-corrected chi connectivity index (χ2v) is 3.40. The van der Waals surface area contributed by atoms with E-state index in [2.05, 4.69) is 21.9 Å². The molecule has 0 unspecified atom stereocenters. The molecule has 0 bridgehead atoms. The predicted octanol–water partition coefficient (Wildman–Crippen LogP) is 2.32. The molecule has 1 aromatic carbocycles. The number of aromatic carboxylic acids is 1. The summed E-state index contributed by atoms with van der Waals surface area (Å²) in [5, 5.41) is 8.83. The molecule has 0 radical (unpaired) electrons. The number of carbonyl (C=O) groups is 1. The molecular formula is C10H7BrO2. The highest BCUT2D eigenvalue weighted by Crippen LogP contribution is 2.17. The van der Waals surface area contributed by atoms with Crippen molar-refractivity contribution in [3.05, 3.63) is 33.8 Å². The second-order valence-electron chi connectivity index (χ2n) is 2.49. The van der Waals surface area contributed by atoms with Crippen molar-refractivity contribution >= 4 is 21.9 Å². The van der Waals surface area contributed by atoms with Crippen molar-refractivity contribution in [1.29, 1.82) is 0 Å². The fourth-order valence-corrected chi connectivity index (χ4v) is 1.37. The predicted molar refractivity (Wildman–Crippen MR) is 53.6 cm³/mol. The Morgan fingerprint density at radius 2 is 2.31 bits per heavy atom. The van der Waals surface area contributed by atoms with Gasteiger partial charge in [0.1, 0.15) is 0 Å². The van der Waals surface area contributed by atoms with Crippen LogP contribution in [0.4, 0.5) is 0 Å². The first-order valence-electron chi connectivity index (χ1n) is 3.60. The zero-order valence-corrected chi connectivity index (χ0v) is 8.34. The molecule has 66 valence electrons. The quantitative estimate of drug-likeness (QED) is 0.804. The molecule has 0 spiro atoms. The summed E-state index contributed by atoms with van der Waals surface area (Å²) in [7, 11) is 0. The molecule has 1 aromatic rings. The molecule has 0 amide bonds. The Hall–Kier alpha value is -1.27. The molecule has 0 aliphatic rings. The van der Waals surface area contributed by atoms with Crippen LogP contribution in [0, 0.1) is 12.3 Å². The van der Waals surface area contributed by atoms with Gasteiger partial charge in [-0.25, -0.2) is 4.79 Å². The summed E-state index contributed by atoms with van der Waals surface area (Å²) < 4.78 is 0.741. The number of rotatable bonds is 2. The topological polar surface area (TPSA) is 37.3 Å². The van der Waals surface area contributed by atoms with Gasteiger partial charge in [0.25, 0.3) is 0 Å². The van der Waals surface area contributed by atoms with E-state index in [4.69, 9.17) is 11.5 Å². The monoisotopic (exact) mass is 238 g/mol. The normalized spacial score (nSPS) is 9.23. The van der Waals surface area contributed by atoms with Crippen LogP contribution < -0.4 is 0 Å². The third-order valence-corrected chi connectivity index (χ3v) is 2.09. The molecular weight excluding hydrogens is 232 g/mol. The average molecular weight is 239 g/mol. The van der Waals surface area contributed by atoms with E-state index < -0.39 is 5.97 Å². The van der Waals surface area contributed by atoms with E-state index in [-0.39, 0.29) is 5.56 Å². The minimum absolute atomic E-state index is 0.257. The molecule has 13 heavy (non-hydrogen) atoms. The van der Waals surface area contributed by atoms with Crippen LogP contribution in [-0.2, 0) is 6.42 Å². The van der Waals surface area contributed by atoms with Crippen molar-refractivity contribution in [2.75, 3.05) is 0 Å². The molecule has 0 atom stereocenters. The van der Waals surface area contributed by atoms with Crippen LogP contribution in [0.1, 0.15) is 15.9 Å². The second kappa shape index (κ2) is 4.11. The third kappa shape index (κ3) is 2.33. The van der Waals surface area contributed by atoms with Gasteiger partial charge in [-0.3, -0.25) is 0 Å². The van der Waals surface area contributed by atoms with Gasteiger partial charge in [-0.05, 0) is 17.7 Å². The lowest BCUT2D eigenvalue weighted by atomic mass is 10.1. The Bertz CT molecular complexity index is 377. The molecule has 1 N–H and O–H groups in total. The van der Waals surface area contributed by atoms with Gasteiger partial charge in [0, 0.05) is 10.9 Å². The molecule has 0 heterocycles. The number of halogens is 1. The zero-order chi connectivity index (χ0) is 9.84. The van der Waals surface area contributed by atoms with Crippen molar-refractivity contribution in [3.63, 3.8) is 0 Å². The van der Waals surface area contributed by atoms with Crippen molar-refractivity contribution < 1.29 is 9.90 Å². The van der Waals surface area contributed by atoms with Crippen LogP contribution in [0.3, 0.4) is 0 Å². The molecule has 3 heteroatoms. The smallest absolute Gasteiger partial charge is 0.336 e. The highest BCUT2D eigenvalue weighted by molar-refractivity contribution is 9.10. The van der Waals surface area contributed by atoms with Gasteiger partial charge in [-0.2, -0.15) is 0 Å². The highest BCUT2D eigenvalue weighted by atomic mass is 79.9. The van der Waals surface area contributed by atoms with Gasteiger partial charge >= 0.3 is 5.97 Å². The Morgan fingerprint density at radius 1 is 1.62 bits per heavy atom. The maximum absolute atomic E-state index is 10.8. The van der Waals surface area contributed by atoms with Crippen LogP contribution in [0.5, 0.6) is 0 Å². The van der Waals surface area contributed by atoms with Gasteiger partial charge in [-0.15, -0.1) is 12.3 Å². The van der Waals surface area contributed by atoms with Gasteiger partial charge in [0.15, 0.2) is 0 Å². The summed E-state index contributed by atoms with van der Waals surface area (Å²) in [5.74, 6) is 1.47. The number of benzene rings is 1. The van der Waals surface area contributed by atoms with E-state index in [0.29, 0.717) is 12.0 Å². The van der Waals surface area contributed by atoms with E-state index in [0.717, 1.165) is 4.47 Å². The van der Waals surface area contributed by atoms with Crippen LogP contribution in [0.25, 0.3) is 0 Å². The average Bonchev–Trinajstić information content (AvgIpc) is 2.08. The lowest BCUT2D eigenvalue weighted by Gasteiger charge is -2.02. The van der Waals surface area contributed by atoms with Crippen LogP contribution >= 0.6 is 15.9 Å². The van der Waals surface area contributed by atoms with Crippen molar-refractivity contribution in [2.24, 2.45) is 0 Å². The highest BCUT2D eigenvalue weighted by Gasteiger charge is 2.08. The van der Waals surface area contributed by atoms with Gasteiger partial charge in [0.2, 0.25) is 0 Å². The van der Waals surface area contributed by atoms with Gasteiger partial charge < -0.3 is 5.11 Å². The Morgan fingerprint density at radius 3 is 2.85 bits per heavy atom. The summed E-state index contributed by atoms with van der Waals surface area (Å²) in [6.45, 7) is 0. The SMILES string of the molecule is C#CCc1ccc(Br)cc1C(=O)O. The standard InChI is InChI=1S/C10H7BrO2/c1-2-3-7-4-5-8(11)6-9(7)10(12)13/h1,4-6H,3H2,(H,12,13). The van der Waals surface area contributed by atoms with E-state index in [9.17, 15) is 4.79 Å². The molecule has 1 rings (SSSR count). The minimum Gasteiger partial charge on any atom is -0.478 e. The summed E-state index contributed by atoms with van der Waals surface area (Å²) >= 11 is 3.20. The maximum Gasteiger partial charge on any atom is 0.336 e. The summed E-state index contributed by atoms with van der Waals surface area (Å²) in [4.78, 5) is 10.8. The van der Waals surface area contributed by atoms with Crippen LogP contribution in [0.15, 0.2) is 22.7 Å². The molecule has 0 aliphatic carbocycles. The summed E-state index contributed by atoms with van der Waals surface area (Å²) in [5.41, 5.74) is 0.922. The van der Waals surface area contributed by atoms with Crippen LogP contribution in [-0.4, -0.2) is 11.1 Å². The lowest BCUT2D eigenvalue weighted by Crippen LogP contribution is -2.01. The Balaban J connectivity index is 3.20. The largest absolute Gasteiger partial charge is 0.478 e. The number of hydrogen-bond donors (Lipinski definition) is 1. The number of carboxylic acid groups (broad SMARTS) is 1. The van der Waals surface area contributed by atoms with Crippen molar-refractivity contribution in [3.8, 4) is 12.3 Å². The molecule has 0 saturated carbocycles. The minimum atomic E-state index is -0.952.